The number of ether oxygens (including phenoxy) is 2. The van der Waals surface area contributed by atoms with Crippen LogP contribution in [0.5, 0.6) is 0 Å². The van der Waals surface area contributed by atoms with Gasteiger partial charge in [-0.1, -0.05) is 0 Å². The van der Waals surface area contributed by atoms with Gasteiger partial charge >= 0.3 is 19.6 Å². The quantitative estimate of drug-likeness (QED) is 0.503. The molecule has 0 aromatic heterocycles. The van der Waals surface area contributed by atoms with Crippen molar-refractivity contribution in [3.63, 3.8) is 0 Å². The Balaban J connectivity index is 0. The smallest absolute Gasteiger partial charge is 0.355 e. The van der Waals surface area contributed by atoms with Gasteiger partial charge in [0.25, 0.3) is 0 Å². The molecule has 0 bridgehead atoms. The molecule has 0 aliphatic heterocycles. The summed E-state index contributed by atoms with van der Waals surface area (Å²) in [5.41, 5.74) is 0. The predicted octanol–water partition coefficient (Wildman–Crippen LogP) is 0.366. The van der Waals surface area contributed by atoms with Crippen LogP contribution in [-0.4, -0.2) is 47.0 Å². The normalized spacial score (nSPS) is 9.36. The molecule has 0 aliphatic carbocycles. The molecule has 0 N–H and O–H groups in total. The van der Waals surface area contributed by atoms with Crippen molar-refractivity contribution in [3.8, 4) is 0 Å². The molecule has 0 spiro atoms. The molecule has 0 heterocycles. The molecule has 0 saturated heterocycles. The molecule has 5 heteroatoms. The van der Waals surface area contributed by atoms with Crippen LogP contribution in [0.3, 0.4) is 0 Å². The van der Waals surface area contributed by atoms with Gasteiger partial charge in [0.15, 0.2) is 0 Å². The van der Waals surface area contributed by atoms with Crippen molar-refractivity contribution < 1.29 is 9.47 Å². The molecule has 0 aromatic carbocycles. The van der Waals surface area contributed by atoms with Gasteiger partial charge in [0.05, 0.1) is 0 Å². The molecular weight excluding hydrogens is 236 g/mol. The Kier molecular flexibility index (Phi) is 15.4. The van der Waals surface area contributed by atoms with Gasteiger partial charge in [-0.05, 0) is 13.8 Å². The average Bonchev–Trinajstić information content (AvgIpc) is 1.90. The zero-order valence-corrected chi connectivity index (χ0v) is 12.8. The summed E-state index contributed by atoms with van der Waals surface area (Å²) in [4.78, 5) is 0. The highest BCUT2D eigenvalue weighted by atomic mass is 79.9. The Bertz CT molecular complexity index is 63.3. The predicted molar refractivity (Wildman–Crippen MR) is 57.9 cm³/mol. The van der Waals surface area contributed by atoms with E-state index in [0.29, 0.717) is 0 Å². The molecule has 0 rings (SSSR count). The van der Waals surface area contributed by atoms with Gasteiger partial charge in [0.2, 0.25) is 0 Å². The lowest BCUT2D eigenvalue weighted by Crippen LogP contribution is -2.19. The summed E-state index contributed by atoms with van der Waals surface area (Å²) in [5.74, 6) is 0. The summed E-state index contributed by atoms with van der Waals surface area (Å²) in [7, 11) is 1.38. The van der Waals surface area contributed by atoms with Gasteiger partial charge in [0, 0.05) is 13.2 Å². The molecule has 0 amide bonds. The minimum absolute atomic E-state index is 0. The van der Waals surface area contributed by atoms with Gasteiger partial charge in [-0.15, -0.1) is 29.4 Å². The Hall–Kier alpha value is 1.38. The maximum absolute atomic E-state index is 5.36. The van der Waals surface area contributed by atoms with Crippen molar-refractivity contribution in [3.05, 3.63) is 0 Å². The van der Waals surface area contributed by atoms with E-state index in [0.717, 1.165) is 13.2 Å². The van der Waals surface area contributed by atoms with Crippen LogP contribution in [-0.2, 0) is 9.47 Å². The fourth-order valence-electron chi connectivity index (χ4n) is 0.822. The summed E-state index contributed by atoms with van der Waals surface area (Å²) in [6, 6.07) is 0. The van der Waals surface area contributed by atoms with Gasteiger partial charge in [-0.25, -0.2) is 0 Å². The maximum Gasteiger partial charge on any atom is 0.358 e. The monoisotopic (exact) mass is 252 g/mol. The topological polar surface area (TPSA) is 18.5 Å². The number of rotatable bonds is 6. The van der Waals surface area contributed by atoms with Gasteiger partial charge in [0.1, 0.15) is 6.29 Å². The molecule has 0 radical (unpaired) electrons. The summed E-state index contributed by atoms with van der Waals surface area (Å²) in [6.45, 7) is 5.59. The van der Waals surface area contributed by atoms with E-state index in [1.165, 1.54) is 12.4 Å². The molecule has 2 nitrogen and oxygen atoms in total. The van der Waals surface area contributed by atoms with E-state index < -0.39 is 0 Å². The number of hydrogen-bond acceptors (Lipinski definition) is 2. The Morgan fingerprint density at radius 1 is 1.27 bits per heavy atom. The Labute approximate surface area is 91.4 Å². The lowest BCUT2D eigenvalue weighted by molar-refractivity contribution is -0.122. The maximum atomic E-state index is 5.36. The zero-order valence-electron chi connectivity index (χ0n) is 7.63. The fourth-order valence-corrected chi connectivity index (χ4v) is 3.04. The Morgan fingerprint density at radius 2 is 1.73 bits per heavy atom. The first-order valence-corrected chi connectivity index (χ1v) is 10.7. The second kappa shape index (κ2) is 11.4. The van der Waals surface area contributed by atoms with Crippen LogP contribution in [0.15, 0.2) is 0 Å². The third kappa shape index (κ3) is 9.30. The van der Waals surface area contributed by atoms with E-state index in [4.69, 9.17) is 9.47 Å². The van der Waals surface area contributed by atoms with Crippen LogP contribution in [0.25, 0.3) is 0 Å². The van der Waals surface area contributed by atoms with E-state index in [9.17, 15) is 0 Å². The highest BCUT2D eigenvalue weighted by molar-refractivity contribution is 8.93. The van der Waals surface area contributed by atoms with E-state index in [1.54, 1.807) is 0 Å². The van der Waals surface area contributed by atoms with Crippen molar-refractivity contribution in [1.82, 2.24) is 0 Å². The van der Waals surface area contributed by atoms with E-state index in [2.05, 4.69) is 0 Å². The lowest BCUT2D eigenvalue weighted by Gasteiger charge is -2.15. The second-order valence-electron chi connectivity index (χ2n) is 2.13. The van der Waals surface area contributed by atoms with Crippen LogP contribution < -0.4 is 0 Å². The lowest BCUT2D eigenvalue weighted by atomic mass is 10.7. The SMILES string of the molecule is Br.CCOC([CH2][Mg][SiH3])OCC. The highest BCUT2D eigenvalue weighted by Gasteiger charge is 2.05. The molecular formula is C6H17BrMgO2Si. The highest BCUT2D eigenvalue weighted by Crippen LogP contribution is 1.99. The van der Waals surface area contributed by atoms with Crippen LogP contribution in [0, 0.1) is 0 Å². The van der Waals surface area contributed by atoms with Crippen LogP contribution in [0.2, 0.25) is 4.55 Å². The third-order valence-electron chi connectivity index (χ3n) is 1.23. The van der Waals surface area contributed by atoms with Crippen molar-refractivity contribution >= 4 is 44.5 Å². The van der Waals surface area contributed by atoms with Gasteiger partial charge in [-0.2, -0.15) is 0 Å². The molecule has 0 fully saturated rings. The number of hydrogen-bond donors (Lipinski definition) is 0. The number of halogens is 1. The van der Waals surface area contributed by atoms with Crippen molar-refractivity contribution in [1.29, 1.82) is 0 Å². The molecule has 66 valence electrons. The standard InChI is InChI=1S/C6H13O2.BrH.Mg.H3Si/c1-4-7-6(3)8-5-2;;;/h6H,3-5H2,1-2H3;1H;;1H3. The minimum atomic E-state index is 0. The summed E-state index contributed by atoms with van der Waals surface area (Å²) >= 11 is 0.215. The van der Waals surface area contributed by atoms with Crippen LogP contribution in [0.4, 0.5) is 0 Å². The fraction of sp³-hybridized carbons (Fsp3) is 1.00. The van der Waals surface area contributed by atoms with Crippen molar-refractivity contribution in [2.75, 3.05) is 13.2 Å². The molecule has 0 atom stereocenters. The average molecular weight is 253 g/mol. The van der Waals surface area contributed by atoms with E-state index in [1.807, 2.05) is 13.8 Å². The first-order valence-electron chi connectivity index (χ1n) is 4.08. The summed E-state index contributed by atoms with van der Waals surface area (Å²) in [5, 5.41) is 0. The molecule has 0 aliphatic rings. The second-order valence-corrected chi connectivity index (χ2v) is 6.71. The largest absolute Gasteiger partial charge is 0.358 e. The molecule has 0 aromatic rings. The summed E-state index contributed by atoms with van der Waals surface area (Å²) < 4.78 is 11.9. The van der Waals surface area contributed by atoms with Crippen molar-refractivity contribution in [2.45, 2.75) is 24.7 Å². The van der Waals surface area contributed by atoms with E-state index >= 15 is 0 Å². The van der Waals surface area contributed by atoms with Gasteiger partial charge < -0.3 is 9.47 Å². The Morgan fingerprint density at radius 3 is 2.00 bits per heavy atom. The zero-order chi connectivity index (χ0) is 7.82. The molecule has 0 unspecified atom stereocenters. The summed E-state index contributed by atoms with van der Waals surface area (Å²) in [6.07, 6.45) is 0.124. The third-order valence-corrected chi connectivity index (χ3v) is 4.01. The molecule has 11 heavy (non-hydrogen) atoms. The first kappa shape index (κ1) is 14.9. The minimum Gasteiger partial charge on any atom is -0.355 e. The van der Waals surface area contributed by atoms with Crippen molar-refractivity contribution in [2.24, 2.45) is 0 Å². The van der Waals surface area contributed by atoms with Gasteiger partial charge in [-0.3, -0.25) is 0 Å². The first-order chi connectivity index (χ1) is 4.85. The van der Waals surface area contributed by atoms with Crippen LogP contribution >= 0.6 is 17.0 Å². The van der Waals surface area contributed by atoms with E-state index in [-0.39, 0.29) is 42.9 Å². The molecule has 0 saturated carbocycles. The van der Waals surface area contributed by atoms with Crippen LogP contribution in [0.1, 0.15) is 13.8 Å².